The SMILES string of the molecule is COc1cccc(N2COc3ccc4c(C)c(C)c(=O)oc4c3C2)c1. The molecule has 0 radical (unpaired) electrons. The summed E-state index contributed by atoms with van der Waals surface area (Å²) < 4.78 is 16.8. The van der Waals surface area contributed by atoms with Crippen LogP contribution in [-0.2, 0) is 6.54 Å². The number of anilines is 1. The summed E-state index contributed by atoms with van der Waals surface area (Å²) in [5, 5.41) is 0.951. The Kier molecular flexibility index (Phi) is 3.64. The average molecular weight is 337 g/mol. The van der Waals surface area contributed by atoms with Crippen LogP contribution in [0, 0.1) is 13.8 Å². The van der Waals surface area contributed by atoms with Crippen LogP contribution in [0.3, 0.4) is 0 Å². The molecule has 0 saturated heterocycles. The first-order valence-corrected chi connectivity index (χ1v) is 8.16. The zero-order valence-corrected chi connectivity index (χ0v) is 14.5. The Morgan fingerprint density at radius 2 is 1.96 bits per heavy atom. The number of methoxy groups -OCH3 is 1. The molecule has 3 aromatic rings. The van der Waals surface area contributed by atoms with E-state index in [1.54, 1.807) is 14.0 Å². The lowest BCUT2D eigenvalue weighted by atomic mass is 10.0. The monoisotopic (exact) mass is 337 g/mol. The quantitative estimate of drug-likeness (QED) is 0.666. The van der Waals surface area contributed by atoms with Crippen LogP contribution >= 0.6 is 0 Å². The molecule has 1 aromatic heterocycles. The summed E-state index contributed by atoms with van der Waals surface area (Å²) in [6.07, 6.45) is 0. The molecule has 0 bridgehead atoms. The molecule has 0 atom stereocenters. The zero-order valence-electron chi connectivity index (χ0n) is 14.5. The maximum atomic E-state index is 12.1. The summed E-state index contributed by atoms with van der Waals surface area (Å²) in [6.45, 7) is 4.77. The molecule has 0 spiro atoms. The Bertz CT molecular complexity index is 1020. The van der Waals surface area contributed by atoms with Crippen molar-refractivity contribution >= 4 is 16.7 Å². The molecule has 2 heterocycles. The topological polar surface area (TPSA) is 51.9 Å². The predicted octanol–water partition coefficient (Wildman–Crippen LogP) is 3.77. The summed E-state index contributed by atoms with van der Waals surface area (Å²) >= 11 is 0. The minimum Gasteiger partial charge on any atom is -0.497 e. The van der Waals surface area contributed by atoms with Crippen molar-refractivity contribution in [3.05, 3.63) is 63.5 Å². The molecule has 128 valence electrons. The number of fused-ring (bicyclic) bond motifs is 3. The van der Waals surface area contributed by atoms with Crippen molar-refractivity contribution in [1.82, 2.24) is 0 Å². The summed E-state index contributed by atoms with van der Waals surface area (Å²) in [6, 6.07) is 11.7. The van der Waals surface area contributed by atoms with E-state index in [1.165, 1.54) is 0 Å². The van der Waals surface area contributed by atoms with E-state index in [4.69, 9.17) is 13.9 Å². The lowest BCUT2D eigenvalue weighted by Crippen LogP contribution is -2.32. The second-order valence-corrected chi connectivity index (χ2v) is 6.23. The van der Waals surface area contributed by atoms with Crippen LogP contribution in [0.5, 0.6) is 11.5 Å². The van der Waals surface area contributed by atoms with Gasteiger partial charge >= 0.3 is 5.63 Å². The van der Waals surface area contributed by atoms with Crippen LogP contribution in [-0.4, -0.2) is 13.8 Å². The van der Waals surface area contributed by atoms with E-state index >= 15 is 0 Å². The van der Waals surface area contributed by atoms with Gasteiger partial charge in [0.1, 0.15) is 17.1 Å². The van der Waals surface area contributed by atoms with Gasteiger partial charge in [-0.25, -0.2) is 4.79 Å². The van der Waals surface area contributed by atoms with E-state index in [0.717, 1.165) is 33.7 Å². The summed E-state index contributed by atoms with van der Waals surface area (Å²) in [4.78, 5) is 14.2. The minimum absolute atomic E-state index is 0.295. The van der Waals surface area contributed by atoms with Crippen molar-refractivity contribution in [3.63, 3.8) is 0 Å². The molecule has 0 N–H and O–H groups in total. The van der Waals surface area contributed by atoms with Crippen molar-refractivity contribution in [2.45, 2.75) is 20.4 Å². The maximum absolute atomic E-state index is 12.1. The van der Waals surface area contributed by atoms with Gasteiger partial charge in [0.15, 0.2) is 6.73 Å². The lowest BCUT2D eigenvalue weighted by Gasteiger charge is -2.31. The van der Waals surface area contributed by atoms with Crippen molar-refractivity contribution in [3.8, 4) is 11.5 Å². The van der Waals surface area contributed by atoms with Gasteiger partial charge in [0, 0.05) is 22.7 Å². The van der Waals surface area contributed by atoms with Gasteiger partial charge in [0.05, 0.1) is 19.2 Å². The zero-order chi connectivity index (χ0) is 17.6. The second-order valence-electron chi connectivity index (χ2n) is 6.23. The smallest absolute Gasteiger partial charge is 0.339 e. The number of hydrogen-bond acceptors (Lipinski definition) is 5. The van der Waals surface area contributed by atoms with Gasteiger partial charge in [-0.3, -0.25) is 0 Å². The molecular formula is C20H19NO4. The van der Waals surface area contributed by atoms with Crippen molar-refractivity contribution in [1.29, 1.82) is 0 Å². The standard InChI is InChI=1S/C20H19NO4/c1-12-13(2)20(22)25-19-16(12)7-8-18-17(19)10-21(11-24-18)14-5-4-6-15(9-14)23-3/h4-9H,10-11H2,1-3H3. The molecule has 0 amide bonds. The lowest BCUT2D eigenvalue weighted by molar-refractivity contribution is 0.289. The highest BCUT2D eigenvalue weighted by molar-refractivity contribution is 5.86. The predicted molar refractivity (Wildman–Crippen MR) is 96.6 cm³/mol. The highest BCUT2D eigenvalue weighted by Crippen LogP contribution is 2.35. The highest BCUT2D eigenvalue weighted by Gasteiger charge is 2.23. The Morgan fingerprint density at radius 1 is 1.12 bits per heavy atom. The molecule has 1 aliphatic heterocycles. The fourth-order valence-electron chi connectivity index (χ4n) is 3.19. The second kappa shape index (κ2) is 5.84. The first-order valence-electron chi connectivity index (χ1n) is 8.16. The molecule has 0 fully saturated rings. The molecule has 5 heteroatoms. The van der Waals surface area contributed by atoms with E-state index in [-0.39, 0.29) is 5.63 Å². The van der Waals surface area contributed by atoms with Gasteiger partial charge < -0.3 is 18.8 Å². The Labute approximate surface area is 145 Å². The Hall–Kier alpha value is -2.95. The molecule has 2 aromatic carbocycles. The molecule has 5 nitrogen and oxygen atoms in total. The van der Waals surface area contributed by atoms with Gasteiger partial charge in [-0.15, -0.1) is 0 Å². The molecule has 1 aliphatic rings. The van der Waals surface area contributed by atoms with Crippen LogP contribution in [0.2, 0.25) is 0 Å². The van der Waals surface area contributed by atoms with E-state index in [0.29, 0.717) is 24.4 Å². The Morgan fingerprint density at radius 3 is 2.76 bits per heavy atom. The third-order valence-electron chi connectivity index (χ3n) is 4.83. The van der Waals surface area contributed by atoms with Crippen LogP contribution in [0.1, 0.15) is 16.7 Å². The van der Waals surface area contributed by atoms with Gasteiger partial charge in [-0.05, 0) is 43.7 Å². The summed E-state index contributed by atoms with van der Waals surface area (Å²) in [5.41, 5.74) is 3.80. The van der Waals surface area contributed by atoms with Crippen LogP contribution in [0.25, 0.3) is 11.0 Å². The first kappa shape index (κ1) is 15.6. The molecule has 0 unspecified atom stereocenters. The first-order chi connectivity index (χ1) is 12.1. The maximum Gasteiger partial charge on any atom is 0.339 e. The average Bonchev–Trinajstić information content (AvgIpc) is 2.65. The highest BCUT2D eigenvalue weighted by atomic mass is 16.5. The third-order valence-corrected chi connectivity index (χ3v) is 4.83. The Balaban J connectivity index is 1.83. The van der Waals surface area contributed by atoms with Crippen LogP contribution in [0.4, 0.5) is 5.69 Å². The fraction of sp³-hybridized carbons (Fsp3) is 0.250. The normalized spacial score (nSPS) is 13.5. The van der Waals surface area contributed by atoms with Gasteiger partial charge in [-0.2, -0.15) is 0 Å². The van der Waals surface area contributed by atoms with Crippen molar-refractivity contribution in [2.75, 3.05) is 18.7 Å². The van der Waals surface area contributed by atoms with Crippen LogP contribution in [0.15, 0.2) is 45.6 Å². The number of ether oxygens (including phenoxy) is 2. The summed E-state index contributed by atoms with van der Waals surface area (Å²) in [5.74, 6) is 1.55. The number of rotatable bonds is 2. The molecule has 25 heavy (non-hydrogen) atoms. The molecular weight excluding hydrogens is 318 g/mol. The number of benzene rings is 2. The molecule has 4 rings (SSSR count). The van der Waals surface area contributed by atoms with Crippen molar-refractivity contribution < 1.29 is 13.9 Å². The van der Waals surface area contributed by atoms with E-state index in [1.807, 2.05) is 43.3 Å². The number of aryl methyl sites for hydroxylation is 1. The van der Waals surface area contributed by atoms with E-state index < -0.39 is 0 Å². The summed E-state index contributed by atoms with van der Waals surface area (Å²) in [7, 11) is 1.65. The molecule has 0 saturated carbocycles. The number of nitrogens with zero attached hydrogens (tertiary/aromatic N) is 1. The van der Waals surface area contributed by atoms with E-state index in [2.05, 4.69) is 4.90 Å². The van der Waals surface area contributed by atoms with Crippen LogP contribution < -0.4 is 20.0 Å². The molecule has 0 aliphatic carbocycles. The van der Waals surface area contributed by atoms with Gasteiger partial charge in [-0.1, -0.05) is 6.07 Å². The minimum atomic E-state index is -0.295. The van der Waals surface area contributed by atoms with E-state index in [9.17, 15) is 4.79 Å². The fourth-order valence-corrected chi connectivity index (χ4v) is 3.19. The van der Waals surface area contributed by atoms with Crippen molar-refractivity contribution in [2.24, 2.45) is 0 Å². The number of hydrogen-bond donors (Lipinski definition) is 0. The van der Waals surface area contributed by atoms with Gasteiger partial charge in [0.25, 0.3) is 0 Å². The largest absolute Gasteiger partial charge is 0.497 e. The van der Waals surface area contributed by atoms with Gasteiger partial charge in [0.2, 0.25) is 0 Å². The third kappa shape index (κ3) is 2.52.